The highest BCUT2D eigenvalue weighted by Gasteiger charge is 2.31. The summed E-state index contributed by atoms with van der Waals surface area (Å²) in [6.07, 6.45) is -3.35. The van der Waals surface area contributed by atoms with Crippen molar-refractivity contribution in [3.8, 4) is 0 Å². The molecule has 2 rings (SSSR count). The lowest BCUT2D eigenvalue weighted by molar-refractivity contribution is -0.137. The largest absolute Gasteiger partial charge is 0.416 e. The van der Waals surface area contributed by atoms with E-state index in [1.54, 1.807) is 0 Å². The van der Waals surface area contributed by atoms with Crippen molar-refractivity contribution in [2.45, 2.75) is 32.5 Å². The van der Waals surface area contributed by atoms with Crippen LogP contribution in [-0.2, 0) is 23.9 Å². The number of ether oxygens (including phenoxy) is 1. The Morgan fingerprint density at radius 2 is 2.09 bits per heavy atom. The van der Waals surface area contributed by atoms with Crippen molar-refractivity contribution in [1.82, 2.24) is 9.55 Å². The molecular weight excluding hydrogens is 297 g/mol. The molecule has 0 aliphatic carbocycles. The van der Waals surface area contributed by atoms with Crippen molar-refractivity contribution in [3.05, 3.63) is 29.6 Å². The van der Waals surface area contributed by atoms with E-state index in [1.807, 2.05) is 11.5 Å². The number of rotatable bonds is 7. The number of hydrogen-bond acceptors (Lipinski definition) is 3. The van der Waals surface area contributed by atoms with Crippen LogP contribution in [0.25, 0.3) is 11.0 Å². The van der Waals surface area contributed by atoms with E-state index in [0.29, 0.717) is 49.5 Å². The Hall–Kier alpha value is -1.60. The molecule has 1 N–H and O–H groups in total. The highest BCUT2D eigenvalue weighted by atomic mass is 19.4. The van der Waals surface area contributed by atoms with Gasteiger partial charge in [-0.15, -0.1) is 0 Å². The predicted octanol–water partition coefficient (Wildman–Crippen LogP) is 3.02. The fraction of sp³-hybridized carbons (Fsp3) is 0.533. The molecule has 0 unspecified atom stereocenters. The first kappa shape index (κ1) is 16.8. The van der Waals surface area contributed by atoms with Crippen LogP contribution in [0.4, 0.5) is 13.2 Å². The summed E-state index contributed by atoms with van der Waals surface area (Å²) in [4.78, 5) is 4.30. The number of halogens is 3. The van der Waals surface area contributed by atoms with Crippen molar-refractivity contribution in [3.63, 3.8) is 0 Å². The maximum Gasteiger partial charge on any atom is 0.416 e. The van der Waals surface area contributed by atoms with Crippen molar-refractivity contribution < 1.29 is 23.0 Å². The number of fused-ring (bicyclic) bond motifs is 1. The number of aromatic nitrogens is 2. The molecule has 0 spiro atoms. The van der Waals surface area contributed by atoms with E-state index >= 15 is 0 Å². The molecule has 0 atom stereocenters. The van der Waals surface area contributed by atoms with E-state index in [9.17, 15) is 13.2 Å². The van der Waals surface area contributed by atoms with Crippen molar-refractivity contribution in [2.24, 2.45) is 0 Å². The highest BCUT2D eigenvalue weighted by molar-refractivity contribution is 5.77. The molecule has 0 amide bonds. The molecule has 0 aliphatic rings. The number of imidazole rings is 1. The first-order chi connectivity index (χ1) is 10.5. The molecule has 0 bridgehead atoms. The summed E-state index contributed by atoms with van der Waals surface area (Å²) in [5.41, 5.74) is 0.267. The Labute approximate surface area is 126 Å². The van der Waals surface area contributed by atoms with Crippen LogP contribution >= 0.6 is 0 Å². The molecule has 0 radical (unpaired) electrons. The molecule has 7 heteroatoms. The smallest absolute Gasteiger partial charge is 0.396 e. The second kappa shape index (κ2) is 7.11. The van der Waals surface area contributed by atoms with Crippen LogP contribution in [0.2, 0.25) is 0 Å². The molecular formula is C15H19F3N2O2. The number of aliphatic hydroxyl groups is 1. The lowest BCUT2D eigenvalue weighted by Crippen LogP contribution is -2.10. The number of alkyl halides is 3. The number of hydrogen-bond donors (Lipinski definition) is 1. The van der Waals surface area contributed by atoms with Crippen LogP contribution in [0.15, 0.2) is 18.2 Å². The fourth-order valence-electron chi connectivity index (χ4n) is 2.33. The van der Waals surface area contributed by atoms with Crippen molar-refractivity contribution in [1.29, 1.82) is 0 Å². The minimum atomic E-state index is -4.38. The molecule has 1 aromatic carbocycles. The predicted molar refractivity (Wildman–Crippen MR) is 76.6 cm³/mol. The number of aryl methyl sites for hydroxylation is 1. The molecule has 0 saturated carbocycles. The minimum Gasteiger partial charge on any atom is -0.396 e. The van der Waals surface area contributed by atoms with Gasteiger partial charge < -0.3 is 14.4 Å². The molecule has 0 aliphatic heterocycles. The lowest BCUT2D eigenvalue weighted by atomic mass is 10.2. The average molecular weight is 316 g/mol. The van der Waals surface area contributed by atoms with Gasteiger partial charge in [0.1, 0.15) is 5.82 Å². The molecule has 2 aromatic rings. The maximum absolute atomic E-state index is 12.8. The SMILES string of the molecule is CCOCCn1c(CCCO)nc2cc(C(F)(F)F)ccc21. The lowest BCUT2D eigenvalue weighted by Gasteiger charge is -2.10. The Morgan fingerprint density at radius 3 is 2.73 bits per heavy atom. The Kier molecular flexibility index (Phi) is 5.42. The van der Waals surface area contributed by atoms with Crippen LogP contribution in [0.3, 0.4) is 0 Å². The molecule has 122 valence electrons. The zero-order valence-electron chi connectivity index (χ0n) is 12.4. The quantitative estimate of drug-likeness (QED) is 0.799. The Morgan fingerprint density at radius 1 is 1.32 bits per heavy atom. The summed E-state index contributed by atoms with van der Waals surface area (Å²) >= 11 is 0. The standard InChI is InChI=1S/C15H19F3N2O2/c1-2-22-9-7-20-13-6-5-11(15(16,17)18)10-12(13)19-14(20)4-3-8-21/h5-6,10,21H,2-4,7-9H2,1H3. The topological polar surface area (TPSA) is 47.3 Å². The summed E-state index contributed by atoms with van der Waals surface area (Å²) in [5.74, 6) is 0.670. The third-order valence-corrected chi connectivity index (χ3v) is 3.38. The summed E-state index contributed by atoms with van der Waals surface area (Å²) in [7, 11) is 0. The third kappa shape index (κ3) is 3.78. The minimum absolute atomic E-state index is 0.0163. The van der Waals surface area contributed by atoms with Gasteiger partial charge in [0.25, 0.3) is 0 Å². The second-order valence-corrected chi connectivity index (χ2v) is 4.91. The van der Waals surface area contributed by atoms with Crippen LogP contribution < -0.4 is 0 Å². The first-order valence-electron chi connectivity index (χ1n) is 7.22. The first-order valence-corrected chi connectivity index (χ1v) is 7.22. The van der Waals surface area contributed by atoms with Gasteiger partial charge in [0.05, 0.1) is 23.2 Å². The molecule has 1 aromatic heterocycles. The van der Waals surface area contributed by atoms with Gasteiger partial charge in [-0.25, -0.2) is 4.98 Å². The number of aliphatic hydroxyl groups excluding tert-OH is 1. The van der Waals surface area contributed by atoms with E-state index in [-0.39, 0.29) is 6.61 Å². The van der Waals surface area contributed by atoms with Crippen molar-refractivity contribution >= 4 is 11.0 Å². The van der Waals surface area contributed by atoms with Crippen LogP contribution in [0.1, 0.15) is 24.7 Å². The fourth-order valence-corrected chi connectivity index (χ4v) is 2.33. The van der Waals surface area contributed by atoms with Crippen LogP contribution in [-0.4, -0.2) is 34.5 Å². The van der Waals surface area contributed by atoms with Gasteiger partial charge in [-0.2, -0.15) is 13.2 Å². The number of benzene rings is 1. The van der Waals surface area contributed by atoms with Gasteiger partial charge in [-0.3, -0.25) is 0 Å². The Balaban J connectivity index is 2.39. The van der Waals surface area contributed by atoms with E-state index in [1.165, 1.54) is 6.07 Å². The van der Waals surface area contributed by atoms with E-state index in [4.69, 9.17) is 9.84 Å². The zero-order chi connectivity index (χ0) is 16.2. The van der Waals surface area contributed by atoms with E-state index in [2.05, 4.69) is 4.98 Å². The van der Waals surface area contributed by atoms with Crippen molar-refractivity contribution in [2.75, 3.05) is 19.8 Å². The average Bonchev–Trinajstić information content (AvgIpc) is 2.81. The van der Waals surface area contributed by atoms with E-state index in [0.717, 1.165) is 12.1 Å². The monoisotopic (exact) mass is 316 g/mol. The molecule has 1 heterocycles. The van der Waals surface area contributed by atoms with Gasteiger partial charge in [0.15, 0.2) is 0 Å². The third-order valence-electron chi connectivity index (χ3n) is 3.38. The van der Waals surface area contributed by atoms with Gasteiger partial charge in [-0.1, -0.05) is 0 Å². The van der Waals surface area contributed by atoms with Gasteiger partial charge in [-0.05, 0) is 31.5 Å². The van der Waals surface area contributed by atoms with Gasteiger partial charge in [0.2, 0.25) is 0 Å². The second-order valence-electron chi connectivity index (χ2n) is 4.91. The number of nitrogens with zero attached hydrogens (tertiary/aromatic N) is 2. The zero-order valence-corrected chi connectivity index (χ0v) is 12.4. The van der Waals surface area contributed by atoms with Gasteiger partial charge >= 0.3 is 6.18 Å². The van der Waals surface area contributed by atoms with Crippen LogP contribution in [0.5, 0.6) is 0 Å². The summed E-state index contributed by atoms with van der Waals surface area (Å²) < 4.78 is 45.5. The molecule has 22 heavy (non-hydrogen) atoms. The maximum atomic E-state index is 12.8. The van der Waals surface area contributed by atoms with E-state index < -0.39 is 11.7 Å². The Bertz CT molecular complexity index is 623. The normalized spacial score (nSPS) is 12.2. The summed E-state index contributed by atoms with van der Waals surface area (Å²) in [5, 5.41) is 8.95. The van der Waals surface area contributed by atoms with Crippen LogP contribution in [0, 0.1) is 0 Å². The molecule has 4 nitrogen and oxygen atoms in total. The highest BCUT2D eigenvalue weighted by Crippen LogP contribution is 2.31. The summed E-state index contributed by atoms with van der Waals surface area (Å²) in [6.45, 7) is 3.47. The molecule has 0 saturated heterocycles. The van der Waals surface area contributed by atoms with Gasteiger partial charge in [0, 0.05) is 26.2 Å². The molecule has 0 fully saturated rings. The summed E-state index contributed by atoms with van der Waals surface area (Å²) in [6, 6.07) is 3.57.